The number of benzene rings is 2. The molecule has 0 fully saturated rings. The molecule has 110 valence electrons. The monoisotopic (exact) mass is 313 g/mol. The van der Waals surface area contributed by atoms with Gasteiger partial charge in [-0.15, -0.1) is 0 Å². The minimum Gasteiger partial charge on any atom is -0.337 e. The fraction of sp³-hybridized carbons (Fsp3) is 0.133. The van der Waals surface area contributed by atoms with Crippen LogP contribution >= 0.6 is 11.6 Å². The second kappa shape index (κ2) is 6.18. The number of halogens is 4. The van der Waals surface area contributed by atoms with Crippen molar-refractivity contribution in [3.8, 4) is 0 Å². The molecule has 2 aromatic carbocycles. The van der Waals surface area contributed by atoms with Gasteiger partial charge < -0.3 is 4.90 Å². The van der Waals surface area contributed by atoms with Gasteiger partial charge in [-0.25, -0.2) is 13.2 Å². The Kier molecular flexibility index (Phi) is 4.53. The Labute approximate surface area is 124 Å². The first-order valence-corrected chi connectivity index (χ1v) is 6.40. The van der Waals surface area contributed by atoms with Crippen LogP contribution in [0.1, 0.15) is 15.9 Å². The van der Waals surface area contributed by atoms with Gasteiger partial charge in [-0.05, 0) is 29.8 Å². The second-order valence-corrected chi connectivity index (χ2v) is 4.98. The van der Waals surface area contributed by atoms with Gasteiger partial charge in [0.2, 0.25) is 0 Å². The summed E-state index contributed by atoms with van der Waals surface area (Å²) in [6.45, 7) is 0.208. The largest absolute Gasteiger partial charge is 0.337 e. The Hall–Kier alpha value is -2.01. The fourth-order valence-electron chi connectivity index (χ4n) is 1.88. The van der Waals surface area contributed by atoms with E-state index in [1.165, 1.54) is 11.9 Å². The van der Waals surface area contributed by atoms with Gasteiger partial charge in [0.1, 0.15) is 0 Å². The van der Waals surface area contributed by atoms with Crippen LogP contribution in [0.3, 0.4) is 0 Å². The van der Waals surface area contributed by atoms with E-state index in [1.807, 2.05) is 0 Å². The molecule has 0 saturated carbocycles. The van der Waals surface area contributed by atoms with Gasteiger partial charge in [0.25, 0.3) is 5.91 Å². The van der Waals surface area contributed by atoms with Crippen molar-refractivity contribution in [2.45, 2.75) is 6.54 Å². The Bertz CT molecular complexity index is 667. The van der Waals surface area contributed by atoms with Gasteiger partial charge >= 0.3 is 0 Å². The van der Waals surface area contributed by atoms with E-state index in [9.17, 15) is 18.0 Å². The quantitative estimate of drug-likeness (QED) is 0.783. The summed E-state index contributed by atoms with van der Waals surface area (Å²) in [5.74, 6) is -5.00. The molecule has 2 nitrogen and oxygen atoms in total. The molecule has 0 saturated heterocycles. The molecule has 0 aromatic heterocycles. The number of carbonyl (C=O) groups excluding carboxylic acids is 1. The first-order valence-electron chi connectivity index (χ1n) is 6.03. The third kappa shape index (κ3) is 3.55. The van der Waals surface area contributed by atoms with Crippen molar-refractivity contribution in [1.82, 2.24) is 4.90 Å². The minimum absolute atomic E-state index is 0.208. The highest BCUT2D eigenvalue weighted by Gasteiger charge is 2.18. The standard InChI is InChI=1S/C15H11ClF3NO/c1-20(8-9-3-2-4-11(16)5-9)15(21)10-6-12(17)14(19)13(18)7-10/h2-7H,8H2,1H3. The van der Waals surface area contributed by atoms with Crippen LogP contribution in [0.25, 0.3) is 0 Å². The van der Waals surface area contributed by atoms with Gasteiger partial charge in [0.05, 0.1) is 0 Å². The van der Waals surface area contributed by atoms with E-state index in [4.69, 9.17) is 11.6 Å². The molecule has 0 aliphatic rings. The lowest BCUT2D eigenvalue weighted by Crippen LogP contribution is -2.26. The molecule has 0 atom stereocenters. The number of rotatable bonds is 3. The SMILES string of the molecule is CN(Cc1cccc(Cl)c1)C(=O)c1cc(F)c(F)c(F)c1. The number of hydrogen-bond acceptors (Lipinski definition) is 1. The van der Waals surface area contributed by atoms with Crippen molar-refractivity contribution in [1.29, 1.82) is 0 Å². The third-order valence-electron chi connectivity index (χ3n) is 2.89. The van der Waals surface area contributed by atoms with E-state index in [0.29, 0.717) is 17.2 Å². The molecule has 0 bridgehead atoms. The lowest BCUT2D eigenvalue weighted by molar-refractivity contribution is 0.0784. The zero-order valence-electron chi connectivity index (χ0n) is 11.0. The van der Waals surface area contributed by atoms with Crippen molar-refractivity contribution in [3.05, 3.63) is 70.0 Å². The molecule has 21 heavy (non-hydrogen) atoms. The van der Waals surface area contributed by atoms with E-state index < -0.39 is 23.4 Å². The number of carbonyl (C=O) groups is 1. The Balaban J connectivity index is 2.20. The van der Waals surface area contributed by atoms with Crippen LogP contribution in [0.15, 0.2) is 36.4 Å². The maximum atomic E-state index is 13.1. The van der Waals surface area contributed by atoms with Crippen molar-refractivity contribution >= 4 is 17.5 Å². The maximum absolute atomic E-state index is 13.1. The predicted molar refractivity (Wildman–Crippen MR) is 73.6 cm³/mol. The van der Waals surface area contributed by atoms with Crippen LogP contribution in [-0.4, -0.2) is 17.9 Å². The van der Waals surface area contributed by atoms with Crippen molar-refractivity contribution < 1.29 is 18.0 Å². The summed E-state index contributed by atoms with van der Waals surface area (Å²) in [7, 11) is 1.47. The zero-order valence-corrected chi connectivity index (χ0v) is 11.8. The Morgan fingerprint density at radius 2 is 1.76 bits per heavy atom. The molecule has 2 aromatic rings. The van der Waals surface area contributed by atoms with Gasteiger partial charge in [-0.3, -0.25) is 4.79 Å². The van der Waals surface area contributed by atoms with Crippen LogP contribution in [0.4, 0.5) is 13.2 Å². The summed E-state index contributed by atoms with van der Waals surface area (Å²) in [5, 5.41) is 0.521. The average molecular weight is 314 g/mol. The highest BCUT2D eigenvalue weighted by molar-refractivity contribution is 6.30. The predicted octanol–water partition coefficient (Wildman–Crippen LogP) is 4.03. The van der Waals surface area contributed by atoms with E-state index in [2.05, 4.69) is 0 Å². The van der Waals surface area contributed by atoms with E-state index in [1.54, 1.807) is 24.3 Å². The summed E-state index contributed by atoms with van der Waals surface area (Å²) in [6, 6.07) is 8.22. The lowest BCUT2D eigenvalue weighted by atomic mass is 10.1. The molecular weight excluding hydrogens is 303 g/mol. The van der Waals surface area contributed by atoms with E-state index in [-0.39, 0.29) is 12.1 Å². The molecule has 0 radical (unpaired) electrons. The Morgan fingerprint density at radius 3 is 2.33 bits per heavy atom. The average Bonchev–Trinajstić information content (AvgIpc) is 2.43. The van der Waals surface area contributed by atoms with Gasteiger partial charge in [0, 0.05) is 24.2 Å². The summed E-state index contributed by atoms with van der Waals surface area (Å²) in [4.78, 5) is 13.3. The van der Waals surface area contributed by atoms with Crippen LogP contribution in [0.5, 0.6) is 0 Å². The highest BCUT2D eigenvalue weighted by atomic mass is 35.5. The van der Waals surface area contributed by atoms with E-state index in [0.717, 1.165) is 5.56 Å². The molecule has 2 rings (SSSR count). The molecule has 0 aliphatic heterocycles. The van der Waals surface area contributed by atoms with Crippen molar-refractivity contribution in [2.75, 3.05) is 7.05 Å². The molecule has 0 unspecified atom stereocenters. The fourth-order valence-corrected chi connectivity index (χ4v) is 2.09. The summed E-state index contributed by atoms with van der Waals surface area (Å²) < 4.78 is 39.2. The smallest absolute Gasteiger partial charge is 0.254 e. The molecule has 0 aliphatic carbocycles. The van der Waals surface area contributed by atoms with Crippen molar-refractivity contribution in [3.63, 3.8) is 0 Å². The number of nitrogens with zero attached hydrogens (tertiary/aromatic N) is 1. The first-order chi connectivity index (χ1) is 9.88. The number of amides is 1. The summed E-state index contributed by atoms with van der Waals surface area (Å²) in [5.41, 5.74) is 0.511. The van der Waals surface area contributed by atoms with E-state index >= 15 is 0 Å². The normalized spacial score (nSPS) is 10.5. The van der Waals surface area contributed by atoms with Crippen LogP contribution in [0, 0.1) is 17.5 Å². The van der Waals surface area contributed by atoms with Gasteiger partial charge in [0.15, 0.2) is 17.5 Å². The maximum Gasteiger partial charge on any atom is 0.254 e. The van der Waals surface area contributed by atoms with Crippen LogP contribution < -0.4 is 0 Å². The molecule has 1 amide bonds. The number of hydrogen-bond donors (Lipinski definition) is 0. The molecule has 0 N–H and O–H groups in total. The van der Waals surface area contributed by atoms with Crippen LogP contribution in [-0.2, 0) is 6.54 Å². The lowest BCUT2D eigenvalue weighted by Gasteiger charge is -2.17. The zero-order chi connectivity index (χ0) is 15.6. The van der Waals surface area contributed by atoms with Gasteiger partial charge in [-0.1, -0.05) is 23.7 Å². The molecule has 0 spiro atoms. The minimum atomic E-state index is -1.59. The second-order valence-electron chi connectivity index (χ2n) is 4.55. The topological polar surface area (TPSA) is 20.3 Å². The summed E-state index contributed by atoms with van der Waals surface area (Å²) in [6.07, 6.45) is 0. The Morgan fingerprint density at radius 1 is 1.14 bits per heavy atom. The third-order valence-corrected chi connectivity index (χ3v) is 3.12. The molecular formula is C15H11ClF3NO. The highest BCUT2D eigenvalue weighted by Crippen LogP contribution is 2.17. The summed E-state index contributed by atoms with van der Waals surface area (Å²) >= 11 is 5.84. The molecule has 6 heteroatoms. The first kappa shape index (κ1) is 15.4. The van der Waals surface area contributed by atoms with Crippen LogP contribution in [0.2, 0.25) is 5.02 Å². The van der Waals surface area contributed by atoms with Gasteiger partial charge in [-0.2, -0.15) is 0 Å². The molecule has 0 heterocycles. The van der Waals surface area contributed by atoms with Crippen molar-refractivity contribution in [2.24, 2.45) is 0 Å².